The number of hydrogen-bond donors (Lipinski definition) is 3. The molecule has 0 aromatic heterocycles. The van der Waals surface area contributed by atoms with E-state index >= 15 is 0 Å². The van der Waals surface area contributed by atoms with Crippen LogP contribution in [0.25, 0.3) is 0 Å². The molecule has 0 saturated carbocycles. The maximum atomic E-state index is 11.9. The quantitative estimate of drug-likeness (QED) is 0.605. The van der Waals surface area contributed by atoms with Gasteiger partial charge in [0.05, 0.1) is 19.6 Å². The SMILES string of the molecule is COCCNC(=O)CNC(=O)Cc1ccc(NC(=O)OC(C)(C)C)cc1. The average Bonchev–Trinajstić information content (AvgIpc) is 2.53. The molecule has 1 aromatic carbocycles. The van der Waals surface area contributed by atoms with Crippen molar-refractivity contribution in [2.24, 2.45) is 0 Å². The highest BCUT2D eigenvalue weighted by Crippen LogP contribution is 2.13. The zero-order chi connectivity index (χ0) is 19.6. The van der Waals surface area contributed by atoms with Gasteiger partial charge in [-0.05, 0) is 38.5 Å². The first-order valence-corrected chi connectivity index (χ1v) is 8.31. The minimum atomic E-state index is -0.571. The second kappa shape index (κ2) is 10.4. The molecular formula is C18H27N3O5. The fraction of sp³-hybridized carbons (Fsp3) is 0.500. The molecule has 0 radical (unpaired) electrons. The van der Waals surface area contributed by atoms with E-state index in [0.717, 1.165) is 5.56 Å². The van der Waals surface area contributed by atoms with Crippen LogP contribution in [-0.2, 0) is 25.5 Å². The lowest BCUT2D eigenvalue weighted by Gasteiger charge is -2.19. The van der Waals surface area contributed by atoms with E-state index in [4.69, 9.17) is 9.47 Å². The number of carbonyl (C=O) groups excluding carboxylic acids is 3. The molecule has 0 spiro atoms. The van der Waals surface area contributed by atoms with E-state index in [1.165, 1.54) is 0 Å². The first-order chi connectivity index (χ1) is 12.2. The average molecular weight is 365 g/mol. The second-order valence-electron chi connectivity index (χ2n) is 6.62. The van der Waals surface area contributed by atoms with Crippen molar-refractivity contribution >= 4 is 23.6 Å². The van der Waals surface area contributed by atoms with E-state index in [0.29, 0.717) is 18.8 Å². The fourth-order valence-corrected chi connectivity index (χ4v) is 1.91. The molecule has 0 bridgehead atoms. The van der Waals surface area contributed by atoms with Crippen molar-refractivity contribution in [3.63, 3.8) is 0 Å². The largest absolute Gasteiger partial charge is 0.444 e. The van der Waals surface area contributed by atoms with E-state index in [-0.39, 0.29) is 24.8 Å². The predicted octanol–water partition coefficient (Wildman–Crippen LogP) is 1.45. The van der Waals surface area contributed by atoms with Crippen LogP contribution in [0.4, 0.5) is 10.5 Å². The molecule has 0 saturated heterocycles. The van der Waals surface area contributed by atoms with Gasteiger partial charge in [0, 0.05) is 19.3 Å². The number of anilines is 1. The highest BCUT2D eigenvalue weighted by molar-refractivity contribution is 5.86. The van der Waals surface area contributed by atoms with Crippen molar-refractivity contribution in [2.45, 2.75) is 32.8 Å². The lowest BCUT2D eigenvalue weighted by Crippen LogP contribution is -2.38. The third-order valence-corrected chi connectivity index (χ3v) is 3.04. The molecule has 26 heavy (non-hydrogen) atoms. The number of amides is 3. The first-order valence-electron chi connectivity index (χ1n) is 8.31. The van der Waals surface area contributed by atoms with Crippen LogP contribution in [0.1, 0.15) is 26.3 Å². The Balaban J connectivity index is 2.38. The topological polar surface area (TPSA) is 106 Å². The monoisotopic (exact) mass is 365 g/mol. The molecule has 3 N–H and O–H groups in total. The Kier molecular flexibility index (Phi) is 8.57. The summed E-state index contributed by atoms with van der Waals surface area (Å²) in [7, 11) is 1.54. The zero-order valence-electron chi connectivity index (χ0n) is 15.7. The fourth-order valence-electron chi connectivity index (χ4n) is 1.91. The number of rotatable bonds is 8. The number of benzene rings is 1. The summed E-state index contributed by atoms with van der Waals surface area (Å²) >= 11 is 0. The first kappa shape index (κ1) is 21.4. The van der Waals surface area contributed by atoms with Gasteiger partial charge in [-0.1, -0.05) is 12.1 Å². The molecule has 1 aromatic rings. The van der Waals surface area contributed by atoms with Crippen molar-refractivity contribution in [2.75, 3.05) is 32.1 Å². The molecule has 0 aliphatic heterocycles. The van der Waals surface area contributed by atoms with Crippen molar-refractivity contribution < 1.29 is 23.9 Å². The standard InChI is InChI=1S/C18H27N3O5/c1-18(2,3)26-17(24)21-14-7-5-13(6-8-14)11-15(22)20-12-16(23)19-9-10-25-4/h5-8H,9-12H2,1-4H3,(H,19,23)(H,20,22)(H,21,24). The molecule has 0 heterocycles. The molecule has 0 atom stereocenters. The Bertz CT molecular complexity index is 608. The van der Waals surface area contributed by atoms with Crippen LogP contribution >= 0.6 is 0 Å². The Labute approximate surface area is 153 Å². The molecule has 0 fully saturated rings. The van der Waals surface area contributed by atoms with Gasteiger partial charge in [-0.3, -0.25) is 14.9 Å². The molecule has 8 heteroatoms. The van der Waals surface area contributed by atoms with Gasteiger partial charge < -0.3 is 20.1 Å². The van der Waals surface area contributed by atoms with Crippen LogP contribution in [0.15, 0.2) is 24.3 Å². The Morgan fingerprint density at radius 1 is 1.00 bits per heavy atom. The van der Waals surface area contributed by atoms with Gasteiger partial charge in [0.2, 0.25) is 11.8 Å². The van der Waals surface area contributed by atoms with E-state index in [1.54, 1.807) is 52.1 Å². The minimum absolute atomic E-state index is 0.0825. The summed E-state index contributed by atoms with van der Waals surface area (Å²) in [6, 6.07) is 6.82. The summed E-state index contributed by atoms with van der Waals surface area (Å²) in [5.41, 5.74) is 0.760. The number of hydrogen-bond acceptors (Lipinski definition) is 5. The van der Waals surface area contributed by atoms with Crippen molar-refractivity contribution in [3.05, 3.63) is 29.8 Å². The summed E-state index contributed by atoms with van der Waals surface area (Å²) in [5, 5.41) is 7.78. The van der Waals surface area contributed by atoms with Crippen LogP contribution in [0.2, 0.25) is 0 Å². The maximum absolute atomic E-state index is 11.9. The van der Waals surface area contributed by atoms with Gasteiger partial charge in [-0.25, -0.2) is 4.79 Å². The van der Waals surface area contributed by atoms with E-state index in [2.05, 4.69) is 16.0 Å². The maximum Gasteiger partial charge on any atom is 0.412 e. The van der Waals surface area contributed by atoms with E-state index < -0.39 is 11.7 Å². The van der Waals surface area contributed by atoms with E-state index in [1.807, 2.05) is 0 Å². The van der Waals surface area contributed by atoms with Gasteiger partial charge in [-0.15, -0.1) is 0 Å². The van der Waals surface area contributed by atoms with Gasteiger partial charge in [0.1, 0.15) is 5.60 Å². The normalized spacial score (nSPS) is 10.8. The Morgan fingerprint density at radius 2 is 1.65 bits per heavy atom. The predicted molar refractivity (Wildman–Crippen MR) is 97.9 cm³/mol. The summed E-state index contributed by atoms with van der Waals surface area (Å²) in [5.74, 6) is -0.535. The van der Waals surface area contributed by atoms with Gasteiger partial charge in [-0.2, -0.15) is 0 Å². The molecule has 0 aliphatic rings. The zero-order valence-corrected chi connectivity index (χ0v) is 15.7. The Hall–Kier alpha value is -2.61. The lowest BCUT2D eigenvalue weighted by molar-refractivity contribution is -0.125. The number of methoxy groups -OCH3 is 1. The van der Waals surface area contributed by atoms with Crippen molar-refractivity contribution in [1.29, 1.82) is 0 Å². The number of ether oxygens (including phenoxy) is 2. The molecule has 8 nitrogen and oxygen atoms in total. The number of nitrogens with one attached hydrogen (secondary N) is 3. The minimum Gasteiger partial charge on any atom is -0.444 e. The molecule has 3 amide bonds. The van der Waals surface area contributed by atoms with Crippen LogP contribution in [0, 0.1) is 0 Å². The molecule has 144 valence electrons. The van der Waals surface area contributed by atoms with Crippen LogP contribution in [-0.4, -0.2) is 50.3 Å². The molecule has 0 aliphatic carbocycles. The lowest BCUT2D eigenvalue weighted by atomic mass is 10.1. The third-order valence-electron chi connectivity index (χ3n) is 3.04. The van der Waals surface area contributed by atoms with Gasteiger partial charge in [0.15, 0.2) is 0 Å². The molecule has 0 unspecified atom stereocenters. The summed E-state index contributed by atoms with van der Waals surface area (Å²) in [6.45, 7) is 6.09. The van der Waals surface area contributed by atoms with Crippen molar-refractivity contribution in [3.8, 4) is 0 Å². The second-order valence-corrected chi connectivity index (χ2v) is 6.62. The van der Waals surface area contributed by atoms with Crippen LogP contribution in [0.3, 0.4) is 0 Å². The summed E-state index contributed by atoms with van der Waals surface area (Å²) in [6.07, 6.45) is -0.402. The molecular weight excluding hydrogens is 338 g/mol. The highest BCUT2D eigenvalue weighted by atomic mass is 16.6. The van der Waals surface area contributed by atoms with E-state index in [9.17, 15) is 14.4 Å². The van der Waals surface area contributed by atoms with Crippen LogP contribution in [0.5, 0.6) is 0 Å². The summed E-state index contributed by atoms with van der Waals surface area (Å²) in [4.78, 5) is 35.0. The number of carbonyl (C=O) groups is 3. The smallest absolute Gasteiger partial charge is 0.412 e. The Morgan fingerprint density at radius 3 is 2.23 bits per heavy atom. The third kappa shape index (κ3) is 9.63. The summed E-state index contributed by atoms with van der Waals surface area (Å²) < 4.78 is 9.98. The highest BCUT2D eigenvalue weighted by Gasteiger charge is 2.16. The molecule has 1 rings (SSSR count). The van der Waals surface area contributed by atoms with Crippen molar-refractivity contribution in [1.82, 2.24) is 10.6 Å². The van der Waals surface area contributed by atoms with Gasteiger partial charge in [0.25, 0.3) is 0 Å². The van der Waals surface area contributed by atoms with Crippen LogP contribution < -0.4 is 16.0 Å². The van der Waals surface area contributed by atoms with Gasteiger partial charge >= 0.3 is 6.09 Å².